The van der Waals surface area contributed by atoms with Gasteiger partial charge in [-0.1, -0.05) is 6.92 Å². The van der Waals surface area contributed by atoms with Crippen LogP contribution in [0, 0.1) is 0 Å². The minimum atomic E-state index is 0.623. The minimum Gasteiger partial charge on any atom is -0.491 e. The van der Waals surface area contributed by atoms with Crippen LogP contribution in [0.3, 0.4) is 0 Å². The summed E-state index contributed by atoms with van der Waals surface area (Å²) >= 11 is 0. The highest BCUT2D eigenvalue weighted by Gasteiger charge is 2.21. The molecule has 1 unspecified atom stereocenters. The number of hydrogen-bond donors (Lipinski definition) is 1. The molecule has 0 aliphatic carbocycles. The minimum absolute atomic E-state index is 0.623. The van der Waals surface area contributed by atoms with E-state index in [9.17, 15) is 0 Å². The van der Waals surface area contributed by atoms with Crippen LogP contribution in [0.4, 0.5) is 11.4 Å². The smallest absolute Gasteiger partial charge is 0.144 e. The first-order chi connectivity index (χ1) is 8.22. The molecule has 1 fully saturated rings. The molecule has 94 valence electrons. The molecule has 0 spiro atoms. The normalized spacial score (nSPS) is 19.6. The molecule has 1 aromatic carbocycles. The van der Waals surface area contributed by atoms with Gasteiger partial charge < -0.3 is 15.4 Å². The van der Waals surface area contributed by atoms with E-state index in [1.54, 1.807) is 0 Å². The van der Waals surface area contributed by atoms with Gasteiger partial charge in [-0.2, -0.15) is 0 Å². The molecule has 1 aromatic rings. The van der Waals surface area contributed by atoms with Crippen LogP contribution in [-0.2, 0) is 0 Å². The summed E-state index contributed by atoms with van der Waals surface area (Å²) in [5.74, 6) is 0.823. The van der Waals surface area contributed by atoms with E-state index in [1.165, 1.54) is 18.5 Å². The highest BCUT2D eigenvalue weighted by atomic mass is 16.5. The van der Waals surface area contributed by atoms with Crippen molar-refractivity contribution in [1.82, 2.24) is 0 Å². The Hall–Kier alpha value is -1.38. The molecule has 2 N–H and O–H groups in total. The number of benzene rings is 1. The van der Waals surface area contributed by atoms with Crippen molar-refractivity contribution in [3.63, 3.8) is 0 Å². The lowest BCUT2D eigenvalue weighted by molar-refractivity contribution is 0.319. The van der Waals surface area contributed by atoms with Crippen LogP contribution in [0.15, 0.2) is 18.2 Å². The Bertz CT molecular complexity index is 378. The number of rotatable bonds is 4. The maximum atomic E-state index is 5.92. The monoisotopic (exact) mass is 234 g/mol. The van der Waals surface area contributed by atoms with Crippen LogP contribution >= 0.6 is 0 Å². The van der Waals surface area contributed by atoms with Crippen molar-refractivity contribution in [2.75, 3.05) is 23.8 Å². The van der Waals surface area contributed by atoms with Gasteiger partial charge in [0.2, 0.25) is 0 Å². The van der Waals surface area contributed by atoms with Crippen molar-refractivity contribution in [1.29, 1.82) is 0 Å². The average molecular weight is 234 g/mol. The molecule has 0 radical (unpaired) electrons. The second-order valence-electron chi connectivity index (χ2n) is 4.76. The Morgan fingerprint density at radius 2 is 2.29 bits per heavy atom. The fourth-order valence-electron chi connectivity index (χ4n) is 2.36. The molecule has 3 nitrogen and oxygen atoms in total. The van der Waals surface area contributed by atoms with E-state index in [2.05, 4.69) is 30.9 Å². The molecule has 3 heteroatoms. The van der Waals surface area contributed by atoms with Crippen molar-refractivity contribution in [2.45, 2.75) is 39.2 Å². The summed E-state index contributed by atoms with van der Waals surface area (Å²) in [4.78, 5) is 2.43. The largest absolute Gasteiger partial charge is 0.491 e. The zero-order valence-electron chi connectivity index (χ0n) is 10.8. The fourth-order valence-corrected chi connectivity index (χ4v) is 2.36. The lowest BCUT2D eigenvalue weighted by atomic mass is 10.2. The Kier molecular flexibility index (Phi) is 3.77. The van der Waals surface area contributed by atoms with Crippen LogP contribution < -0.4 is 15.4 Å². The van der Waals surface area contributed by atoms with Crippen LogP contribution in [0.1, 0.15) is 33.1 Å². The van der Waals surface area contributed by atoms with E-state index in [4.69, 9.17) is 10.5 Å². The van der Waals surface area contributed by atoms with Gasteiger partial charge in [0, 0.05) is 24.3 Å². The fraction of sp³-hybridized carbons (Fsp3) is 0.571. The highest BCUT2D eigenvalue weighted by Crippen LogP contribution is 2.31. The van der Waals surface area contributed by atoms with Crippen molar-refractivity contribution in [3.8, 4) is 5.75 Å². The van der Waals surface area contributed by atoms with Gasteiger partial charge in [-0.05, 0) is 38.3 Å². The summed E-state index contributed by atoms with van der Waals surface area (Å²) in [5, 5.41) is 0. The maximum Gasteiger partial charge on any atom is 0.144 e. The van der Waals surface area contributed by atoms with Crippen molar-refractivity contribution in [2.24, 2.45) is 0 Å². The lowest BCUT2D eigenvalue weighted by Gasteiger charge is -2.24. The Labute approximate surface area is 104 Å². The maximum absolute atomic E-state index is 5.92. The molecule has 1 aliphatic heterocycles. The number of nitrogens with two attached hydrogens (primary N) is 1. The molecule has 1 aliphatic rings. The van der Waals surface area contributed by atoms with Crippen molar-refractivity contribution >= 4 is 11.4 Å². The number of nitrogen functional groups attached to an aromatic ring is 1. The quantitative estimate of drug-likeness (QED) is 0.814. The number of ether oxygens (including phenoxy) is 1. The third-order valence-corrected chi connectivity index (χ3v) is 3.34. The predicted molar refractivity (Wildman–Crippen MR) is 72.7 cm³/mol. The van der Waals surface area contributed by atoms with Crippen LogP contribution in [0.25, 0.3) is 0 Å². The second-order valence-corrected chi connectivity index (χ2v) is 4.76. The first kappa shape index (κ1) is 12.1. The lowest BCUT2D eigenvalue weighted by Crippen LogP contribution is -2.26. The van der Waals surface area contributed by atoms with Gasteiger partial charge in [0.1, 0.15) is 5.75 Å². The third kappa shape index (κ3) is 2.65. The van der Waals surface area contributed by atoms with Gasteiger partial charge in [0.05, 0.1) is 12.3 Å². The molecule has 0 saturated carbocycles. The zero-order chi connectivity index (χ0) is 12.3. The van der Waals surface area contributed by atoms with Gasteiger partial charge in [-0.15, -0.1) is 0 Å². The molecule has 0 bridgehead atoms. The topological polar surface area (TPSA) is 38.5 Å². The van der Waals surface area contributed by atoms with E-state index in [1.807, 2.05) is 6.07 Å². The first-order valence-electron chi connectivity index (χ1n) is 6.51. The van der Waals surface area contributed by atoms with E-state index in [-0.39, 0.29) is 0 Å². The Morgan fingerprint density at radius 1 is 1.47 bits per heavy atom. The van der Waals surface area contributed by atoms with Gasteiger partial charge in [0.15, 0.2) is 0 Å². The molecule has 0 aromatic heterocycles. The van der Waals surface area contributed by atoms with E-state index in [0.29, 0.717) is 6.04 Å². The SMILES string of the molecule is CCCOc1cc(N2CCCC2C)ccc1N. The van der Waals surface area contributed by atoms with Gasteiger partial charge in [-0.3, -0.25) is 0 Å². The summed E-state index contributed by atoms with van der Waals surface area (Å²) in [6.07, 6.45) is 3.55. The van der Waals surface area contributed by atoms with Crippen molar-refractivity contribution < 1.29 is 4.74 Å². The van der Waals surface area contributed by atoms with Gasteiger partial charge in [-0.25, -0.2) is 0 Å². The predicted octanol–water partition coefficient (Wildman–Crippen LogP) is 3.05. The third-order valence-electron chi connectivity index (χ3n) is 3.34. The number of anilines is 2. The summed E-state index contributed by atoms with van der Waals surface area (Å²) in [5.41, 5.74) is 7.88. The molecule has 1 atom stereocenters. The molecule has 17 heavy (non-hydrogen) atoms. The van der Waals surface area contributed by atoms with E-state index in [0.717, 1.165) is 31.0 Å². The average Bonchev–Trinajstić information content (AvgIpc) is 2.75. The van der Waals surface area contributed by atoms with Gasteiger partial charge >= 0.3 is 0 Å². The molecule has 0 amide bonds. The van der Waals surface area contributed by atoms with Crippen LogP contribution in [0.2, 0.25) is 0 Å². The Morgan fingerprint density at radius 3 is 2.94 bits per heavy atom. The van der Waals surface area contributed by atoms with E-state index >= 15 is 0 Å². The first-order valence-corrected chi connectivity index (χ1v) is 6.51. The summed E-state index contributed by atoms with van der Waals surface area (Å²) in [6, 6.07) is 6.74. The number of nitrogens with zero attached hydrogens (tertiary/aromatic N) is 1. The van der Waals surface area contributed by atoms with Gasteiger partial charge in [0.25, 0.3) is 0 Å². The van der Waals surface area contributed by atoms with Crippen LogP contribution in [-0.4, -0.2) is 19.2 Å². The summed E-state index contributed by atoms with van der Waals surface area (Å²) in [7, 11) is 0. The Balaban J connectivity index is 2.17. The van der Waals surface area contributed by atoms with Crippen LogP contribution in [0.5, 0.6) is 5.75 Å². The summed E-state index contributed by atoms with van der Waals surface area (Å²) < 4.78 is 5.67. The summed E-state index contributed by atoms with van der Waals surface area (Å²) in [6.45, 7) is 6.24. The van der Waals surface area contributed by atoms with Crippen molar-refractivity contribution in [3.05, 3.63) is 18.2 Å². The molecular weight excluding hydrogens is 212 g/mol. The second kappa shape index (κ2) is 5.30. The molecule has 1 heterocycles. The molecular formula is C14H22N2O. The molecule has 1 saturated heterocycles. The zero-order valence-corrected chi connectivity index (χ0v) is 10.8. The standard InChI is InChI=1S/C14H22N2O/c1-3-9-17-14-10-12(6-7-13(14)15)16-8-4-5-11(16)2/h6-7,10-11H,3-5,8-9,15H2,1-2H3. The van der Waals surface area contributed by atoms with E-state index < -0.39 is 0 Å². The highest BCUT2D eigenvalue weighted by molar-refractivity contribution is 5.63. The number of hydrogen-bond acceptors (Lipinski definition) is 3. The molecule has 2 rings (SSSR count).